The van der Waals surface area contributed by atoms with Crippen LogP contribution in [0.2, 0.25) is 15.1 Å². The molecule has 0 aliphatic carbocycles. The summed E-state index contributed by atoms with van der Waals surface area (Å²) in [4.78, 5) is 13.4. The molecule has 0 aromatic heterocycles. The van der Waals surface area contributed by atoms with Gasteiger partial charge >= 0.3 is 0 Å². The van der Waals surface area contributed by atoms with Gasteiger partial charge in [0.2, 0.25) is 11.4 Å². The van der Waals surface area contributed by atoms with Crippen molar-refractivity contribution in [1.82, 2.24) is 0 Å². The lowest BCUT2D eigenvalue weighted by Gasteiger charge is -2.47. The van der Waals surface area contributed by atoms with Crippen LogP contribution in [0.15, 0.2) is 78.6 Å². The number of ketones is 1. The van der Waals surface area contributed by atoms with Crippen LogP contribution < -0.4 is 0 Å². The molecule has 3 aromatic carbocycles. The Hall–Kier alpha value is -2.42. The van der Waals surface area contributed by atoms with E-state index >= 15 is 0 Å². The molecule has 188 valence electrons. The van der Waals surface area contributed by atoms with Crippen molar-refractivity contribution in [2.75, 3.05) is 0 Å². The average Bonchev–Trinajstić information content (AvgIpc) is 2.87. The third-order valence-corrected chi connectivity index (χ3v) is 6.82. The van der Waals surface area contributed by atoms with Crippen LogP contribution in [0.5, 0.6) is 0 Å². The van der Waals surface area contributed by atoms with E-state index in [0.717, 1.165) is 0 Å². The average molecular weight is 550 g/mol. The minimum atomic E-state index is -2.31. The summed E-state index contributed by atoms with van der Waals surface area (Å²) in [7, 11) is 0. The molecule has 4 N–H and O–H groups in total. The van der Waals surface area contributed by atoms with Crippen LogP contribution >= 0.6 is 34.8 Å². The Morgan fingerprint density at radius 2 is 1.36 bits per heavy atom. The molecule has 1 heterocycles. The molecular weight excluding hydrogens is 527 g/mol. The maximum absolute atomic E-state index is 13.4. The summed E-state index contributed by atoms with van der Waals surface area (Å²) >= 11 is 17.8. The summed E-state index contributed by atoms with van der Waals surface area (Å²) in [6.07, 6.45) is -5.25. The molecule has 6 nitrogen and oxygen atoms in total. The van der Waals surface area contributed by atoms with Gasteiger partial charge in [0.15, 0.2) is 6.10 Å². The normalized spacial score (nSPS) is 22.9. The van der Waals surface area contributed by atoms with E-state index in [1.165, 1.54) is 6.08 Å². The van der Waals surface area contributed by atoms with Crippen molar-refractivity contribution in [3.05, 3.63) is 110 Å². The molecule has 3 aromatic rings. The van der Waals surface area contributed by atoms with E-state index in [1.54, 1.807) is 72.8 Å². The summed E-state index contributed by atoms with van der Waals surface area (Å²) in [6.45, 7) is 0. The fourth-order valence-corrected chi connectivity index (χ4v) is 4.38. The molecule has 4 rings (SSSR count). The Balaban J connectivity index is 1.61. The van der Waals surface area contributed by atoms with Gasteiger partial charge in [-0.05, 0) is 59.2 Å². The fraction of sp³-hybridized carbons (Fsp3) is 0.222. The van der Waals surface area contributed by atoms with E-state index in [9.17, 15) is 25.2 Å². The summed E-state index contributed by atoms with van der Waals surface area (Å²) in [6, 6.07) is 19.5. The highest BCUT2D eigenvalue weighted by Crippen LogP contribution is 2.49. The van der Waals surface area contributed by atoms with Gasteiger partial charge in [-0.3, -0.25) is 4.79 Å². The van der Waals surface area contributed by atoms with Crippen molar-refractivity contribution in [2.24, 2.45) is 0 Å². The number of benzene rings is 3. The predicted molar refractivity (Wildman–Crippen MR) is 138 cm³/mol. The second-order valence-electron chi connectivity index (χ2n) is 8.57. The molecule has 0 saturated carbocycles. The van der Waals surface area contributed by atoms with Gasteiger partial charge in [0, 0.05) is 21.5 Å². The number of rotatable bonds is 8. The van der Waals surface area contributed by atoms with Crippen LogP contribution in [0, 0.1) is 0 Å². The van der Waals surface area contributed by atoms with Gasteiger partial charge in [0.25, 0.3) is 0 Å². The standard InChI is InChI=1S/C27H23Cl3O6/c28-18-7-1-15(2-8-18)13-21(31)23(32)24(33)25(34)27(35)22(14-16-3-9-19(29)10-4-16)36-26(27)17-5-11-20(30)12-6-17/h1-12,14,21,23-24,26,31-33,35H,13H2/t21?,23-,24-,26?,27+/m1/s1. The zero-order chi connectivity index (χ0) is 26.0. The van der Waals surface area contributed by atoms with E-state index in [1.807, 2.05) is 0 Å². The van der Waals surface area contributed by atoms with E-state index < -0.39 is 35.8 Å². The molecule has 1 aliphatic rings. The number of carbonyl (C=O) groups is 1. The molecule has 0 amide bonds. The molecule has 1 saturated heterocycles. The first-order valence-corrected chi connectivity index (χ1v) is 12.2. The van der Waals surface area contributed by atoms with Crippen molar-refractivity contribution in [3.63, 3.8) is 0 Å². The first kappa shape index (κ1) is 26.6. The van der Waals surface area contributed by atoms with E-state index in [0.29, 0.717) is 31.8 Å². The molecule has 9 heteroatoms. The number of aliphatic hydroxyl groups is 4. The van der Waals surface area contributed by atoms with Gasteiger partial charge in [0.1, 0.15) is 18.0 Å². The van der Waals surface area contributed by atoms with Crippen LogP contribution in [0.1, 0.15) is 22.8 Å². The van der Waals surface area contributed by atoms with Crippen LogP contribution in [-0.2, 0) is 16.0 Å². The maximum Gasteiger partial charge on any atom is 0.224 e. The number of ether oxygens (including phenoxy) is 1. The predicted octanol–water partition coefficient (Wildman–Crippen LogP) is 4.38. The van der Waals surface area contributed by atoms with E-state index in [-0.39, 0.29) is 12.2 Å². The number of carbonyl (C=O) groups excluding carboxylic acids is 1. The van der Waals surface area contributed by atoms with Crippen LogP contribution in [-0.4, -0.2) is 50.1 Å². The zero-order valence-corrected chi connectivity index (χ0v) is 21.0. The molecule has 36 heavy (non-hydrogen) atoms. The number of hydrogen-bond acceptors (Lipinski definition) is 6. The molecule has 2 unspecified atom stereocenters. The van der Waals surface area contributed by atoms with E-state index in [4.69, 9.17) is 39.5 Å². The van der Waals surface area contributed by atoms with E-state index in [2.05, 4.69) is 0 Å². The van der Waals surface area contributed by atoms with Gasteiger partial charge in [-0.2, -0.15) is 0 Å². The SMILES string of the molecule is O=C([C@H](O)[C@H](O)C(O)Cc1ccc(Cl)cc1)[C@@]1(O)C(=Cc2ccc(Cl)cc2)OC1c1ccc(Cl)cc1. The third kappa shape index (κ3) is 5.45. The first-order valence-electron chi connectivity index (χ1n) is 11.0. The van der Waals surface area contributed by atoms with Gasteiger partial charge in [-0.25, -0.2) is 0 Å². The Morgan fingerprint density at radius 3 is 1.92 bits per heavy atom. The summed E-state index contributed by atoms with van der Waals surface area (Å²) < 4.78 is 5.78. The molecule has 0 spiro atoms. The number of aliphatic hydroxyl groups excluding tert-OH is 3. The van der Waals surface area contributed by atoms with Crippen LogP contribution in [0.25, 0.3) is 6.08 Å². The first-order chi connectivity index (χ1) is 17.1. The van der Waals surface area contributed by atoms with Crippen LogP contribution in [0.3, 0.4) is 0 Å². The molecule has 0 bridgehead atoms. The Morgan fingerprint density at radius 1 is 0.861 bits per heavy atom. The third-order valence-electron chi connectivity index (χ3n) is 6.06. The van der Waals surface area contributed by atoms with Crippen molar-refractivity contribution in [1.29, 1.82) is 0 Å². The number of hydrogen-bond donors (Lipinski definition) is 4. The molecule has 1 aliphatic heterocycles. The summed E-state index contributed by atoms with van der Waals surface area (Å²) in [5.74, 6) is -1.23. The highest BCUT2D eigenvalue weighted by Gasteiger charge is 2.61. The lowest BCUT2D eigenvalue weighted by atomic mass is 9.76. The maximum atomic E-state index is 13.4. The highest BCUT2D eigenvalue weighted by molar-refractivity contribution is 6.31. The van der Waals surface area contributed by atoms with Crippen LogP contribution in [0.4, 0.5) is 0 Å². The lowest BCUT2D eigenvalue weighted by molar-refractivity contribution is -0.203. The minimum absolute atomic E-state index is 0.0499. The van der Waals surface area contributed by atoms with Gasteiger partial charge in [0.05, 0.1) is 6.10 Å². The van der Waals surface area contributed by atoms with Gasteiger partial charge in [-0.15, -0.1) is 0 Å². The molecule has 1 fully saturated rings. The highest BCUT2D eigenvalue weighted by atomic mass is 35.5. The quantitative estimate of drug-likeness (QED) is 0.332. The number of Topliss-reactive ketones (excluding diaryl/α,β-unsaturated/α-hetero) is 1. The van der Waals surface area contributed by atoms with Crippen molar-refractivity contribution in [3.8, 4) is 0 Å². The molecule has 0 radical (unpaired) electrons. The van der Waals surface area contributed by atoms with Crippen molar-refractivity contribution in [2.45, 2.75) is 36.4 Å². The van der Waals surface area contributed by atoms with Crippen molar-refractivity contribution >= 4 is 46.7 Å². The fourth-order valence-electron chi connectivity index (χ4n) is 4.00. The molecular formula is C27H23Cl3O6. The molecule has 5 atom stereocenters. The largest absolute Gasteiger partial charge is 0.482 e. The lowest BCUT2D eigenvalue weighted by Crippen LogP contribution is -2.62. The zero-order valence-electron chi connectivity index (χ0n) is 18.8. The Labute approximate surface area is 222 Å². The smallest absolute Gasteiger partial charge is 0.224 e. The van der Waals surface area contributed by atoms with Gasteiger partial charge < -0.3 is 25.2 Å². The minimum Gasteiger partial charge on any atom is -0.482 e. The second kappa shape index (κ2) is 10.9. The monoisotopic (exact) mass is 548 g/mol. The second-order valence-corrected chi connectivity index (χ2v) is 9.88. The van der Waals surface area contributed by atoms with Crippen molar-refractivity contribution < 1.29 is 30.0 Å². The Bertz CT molecular complexity index is 1240. The Kier molecular flexibility index (Phi) is 8.07. The number of halogens is 3. The summed E-state index contributed by atoms with van der Waals surface area (Å²) in [5, 5.41) is 44.9. The van der Waals surface area contributed by atoms with Gasteiger partial charge in [-0.1, -0.05) is 71.2 Å². The summed E-state index contributed by atoms with van der Waals surface area (Å²) in [5.41, 5.74) is -0.646. The topological polar surface area (TPSA) is 107 Å².